The molecule has 0 atom stereocenters. The summed E-state index contributed by atoms with van der Waals surface area (Å²) < 4.78 is 5.62. The van der Waals surface area contributed by atoms with Crippen molar-refractivity contribution in [3.63, 3.8) is 0 Å². The van der Waals surface area contributed by atoms with Crippen LogP contribution < -0.4 is 10.1 Å². The number of aliphatic hydroxyl groups excluding tert-OH is 1. The molecule has 0 aliphatic carbocycles. The van der Waals surface area contributed by atoms with E-state index >= 15 is 0 Å². The summed E-state index contributed by atoms with van der Waals surface area (Å²) in [6.45, 7) is 6.99. The zero-order valence-corrected chi connectivity index (χ0v) is 12.0. The van der Waals surface area contributed by atoms with Gasteiger partial charge < -0.3 is 15.2 Å². The molecule has 0 aromatic heterocycles. The Hall–Kier alpha value is -1.06. The number of benzene rings is 1. The van der Waals surface area contributed by atoms with E-state index in [-0.39, 0.29) is 12.0 Å². The maximum Gasteiger partial charge on any atom is 0.122 e. The number of aliphatic hydroxyl groups is 1. The monoisotopic (exact) mass is 263 g/mol. The van der Waals surface area contributed by atoms with Crippen molar-refractivity contribution in [1.82, 2.24) is 5.32 Å². The molecular formula is C16H25NO2. The summed E-state index contributed by atoms with van der Waals surface area (Å²) in [4.78, 5) is 0. The van der Waals surface area contributed by atoms with E-state index in [4.69, 9.17) is 4.74 Å². The maximum atomic E-state index is 9.19. The lowest BCUT2D eigenvalue weighted by molar-refractivity contribution is 0.157. The second-order valence-electron chi connectivity index (χ2n) is 6.14. The van der Waals surface area contributed by atoms with Gasteiger partial charge in [0.1, 0.15) is 5.75 Å². The molecule has 0 unspecified atom stereocenters. The Morgan fingerprint density at radius 3 is 3.00 bits per heavy atom. The van der Waals surface area contributed by atoms with E-state index in [0.29, 0.717) is 0 Å². The van der Waals surface area contributed by atoms with E-state index in [0.717, 1.165) is 44.7 Å². The Bertz CT molecular complexity index is 415. The molecule has 106 valence electrons. The Balaban J connectivity index is 1.80. The Labute approximate surface area is 116 Å². The van der Waals surface area contributed by atoms with Crippen LogP contribution in [0.5, 0.6) is 5.75 Å². The summed E-state index contributed by atoms with van der Waals surface area (Å²) in [6.07, 6.45) is 3.28. The fourth-order valence-electron chi connectivity index (χ4n) is 2.28. The lowest BCUT2D eigenvalue weighted by Gasteiger charge is -2.22. The largest absolute Gasteiger partial charge is 0.493 e. The summed E-state index contributed by atoms with van der Waals surface area (Å²) in [5.41, 5.74) is 2.67. The lowest BCUT2D eigenvalue weighted by Crippen LogP contribution is -2.33. The summed E-state index contributed by atoms with van der Waals surface area (Å²) in [6, 6.07) is 6.53. The minimum atomic E-state index is -0.0380. The van der Waals surface area contributed by atoms with Crippen LogP contribution in [0.15, 0.2) is 18.2 Å². The van der Waals surface area contributed by atoms with Crippen LogP contribution in [-0.2, 0) is 12.8 Å². The highest BCUT2D eigenvalue weighted by molar-refractivity contribution is 5.38. The predicted octanol–water partition coefficient (Wildman–Crippen LogP) is 2.16. The number of fused-ring (bicyclic) bond motifs is 1. The third-order valence-corrected chi connectivity index (χ3v) is 3.59. The number of aryl methyl sites for hydroxylation is 1. The van der Waals surface area contributed by atoms with Crippen molar-refractivity contribution in [2.75, 3.05) is 26.3 Å². The van der Waals surface area contributed by atoms with E-state index in [1.807, 2.05) is 0 Å². The number of ether oxygens (including phenoxy) is 1. The van der Waals surface area contributed by atoms with Gasteiger partial charge in [0, 0.05) is 18.6 Å². The van der Waals surface area contributed by atoms with Crippen molar-refractivity contribution < 1.29 is 9.84 Å². The Morgan fingerprint density at radius 1 is 1.37 bits per heavy atom. The van der Waals surface area contributed by atoms with Crippen LogP contribution in [0.25, 0.3) is 0 Å². The topological polar surface area (TPSA) is 41.5 Å². The Kier molecular flexibility index (Phi) is 4.83. The van der Waals surface area contributed by atoms with E-state index < -0.39 is 0 Å². The molecule has 3 nitrogen and oxygen atoms in total. The zero-order chi connectivity index (χ0) is 13.7. The molecule has 1 aliphatic rings. The number of nitrogens with one attached hydrogen (secondary N) is 1. The first-order chi connectivity index (χ1) is 9.11. The number of rotatable bonds is 6. The van der Waals surface area contributed by atoms with Gasteiger partial charge in [0.15, 0.2) is 0 Å². The molecule has 2 rings (SSSR count). The number of hydrogen-bond donors (Lipinski definition) is 2. The smallest absolute Gasteiger partial charge is 0.122 e. The molecule has 0 fully saturated rings. The van der Waals surface area contributed by atoms with Gasteiger partial charge in [-0.1, -0.05) is 26.0 Å². The van der Waals surface area contributed by atoms with Gasteiger partial charge in [0.25, 0.3) is 0 Å². The molecular weight excluding hydrogens is 238 g/mol. The fraction of sp³-hybridized carbons (Fsp3) is 0.625. The van der Waals surface area contributed by atoms with Crippen molar-refractivity contribution >= 4 is 0 Å². The van der Waals surface area contributed by atoms with Crippen LogP contribution in [0.3, 0.4) is 0 Å². The third-order valence-electron chi connectivity index (χ3n) is 3.59. The molecule has 1 aliphatic heterocycles. The first-order valence-corrected chi connectivity index (χ1v) is 7.17. The number of hydrogen-bond acceptors (Lipinski definition) is 3. The van der Waals surface area contributed by atoms with Gasteiger partial charge in [-0.2, -0.15) is 0 Å². The van der Waals surface area contributed by atoms with Gasteiger partial charge >= 0.3 is 0 Å². The molecule has 0 saturated carbocycles. The standard InChI is InChI=1S/C16H25NO2/c1-16(2,12-18)11-17-8-7-13-5-6-15-14(10-13)4-3-9-19-15/h5-6,10,17-18H,3-4,7-9,11-12H2,1-2H3. The van der Waals surface area contributed by atoms with Crippen LogP contribution in [0.1, 0.15) is 31.4 Å². The van der Waals surface area contributed by atoms with E-state index in [1.165, 1.54) is 11.1 Å². The van der Waals surface area contributed by atoms with Crippen molar-refractivity contribution in [1.29, 1.82) is 0 Å². The molecule has 0 saturated heterocycles. The van der Waals surface area contributed by atoms with Crippen molar-refractivity contribution in [2.24, 2.45) is 5.41 Å². The van der Waals surface area contributed by atoms with Gasteiger partial charge in [-0.25, -0.2) is 0 Å². The quantitative estimate of drug-likeness (QED) is 0.773. The molecule has 19 heavy (non-hydrogen) atoms. The average Bonchev–Trinajstić information content (AvgIpc) is 2.43. The van der Waals surface area contributed by atoms with Gasteiger partial charge in [-0.15, -0.1) is 0 Å². The maximum absolute atomic E-state index is 9.19. The summed E-state index contributed by atoms with van der Waals surface area (Å²) in [5.74, 6) is 1.06. The van der Waals surface area contributed by atoms with Crippen molar-refractivity contribution in [2.45, 2.75) is 33.1 Å². The molecule has 0 bridgehead atoms. The fourth-order valence-corrected chi connectivity index (χ4v) is 2.28. The summed E-state index contributed by atoms with van der Waals surface area (Å²) >= 11 is 0. The van der Waals surface area contributed by atoms with E-state index in [9.17, 15) is 5.11 Å². The second-order valence-corrected chi connectivity index (χ2v) is 6.14. The second kappa shape index (κ2) is 6.40. The molecule has 2 N–H and O–H groups in total. The molecule has 1 heterocycles. The first-order valence-electron chi connectivity index (χ1n) is 7.17. The minimum Gasteiger partial charge on any atom is -0.493 e. The SMILES string of the molecule is CC(C)(CO)CNCCc1ccc2c(c1)CCCO2. The van der Waals surface area contributed by atoms with Crippen LogP contribution in [0.2, 0.25) is 0 Å². The van der Waals surface area contributed by atoms with Crippen molar-refractivity contribution in [3.8, 4) is 5.75 Å². The van der Waals surface area contributed by atoms with Gasteiger partial charge in [-0.05, 0) is 43.0 Å². The predicted molar refractivity (Wildman–Crippen MR) is 77.7 cm³/mol. The highest BCUT2D eigenvalue weighted by atomic mass is 16.5. The third kappa shape index (κ3) is 4.22. The highest BCUT2D eigenvalue weighted by Crippen LogP contribution is 2.25. The normalized spacial score (nSPS) is 14.9. The van der Waals surface area contributed by atoms with Crippen LogP contribution in [0, 0.1) is 5.41 Å². The Morgan fingerprint density at radius 2 is 2.21 bits per heavy atom. The molecule has 0 spiro atoms. The molecule has 0 amide bonds. The average molecular weight is 263 g/mol. The van der Waals surface area contributed by atoms with Crippen LogP contribution in [0.4, 0.5) is 0 Å². The molecule has 1 aromatic carbocycles. The van der Waals surface area contributed by atoms with Gasteiger partial charge in [-0.3, -0.25) is 0 Å². The summed E-state index contributed by atoms with van der Waals surface area (Å²) in [7, 11) is 0. The first kappa shape index (κ1) is 14.4. The minimum absolute atomic E-state index is 0.0380. The molecule has 1 aromatic rings. The lowest BCUT2D eigenvalue weighted by atomic mass is 9.95. The van der Waals surface area contributed by atoms with Crippen LogP contribution in [-0.4, -0.2) is 31.4 Å². The summed E-state index contributed by atoms with van der Waals surface area (Å²) in [5, 5.41) is 12.6. The van der Waals surface area contributed by atoms with Gasteiger partial charge in [0.2, 0.25) is 0 Å². The van der Waals surface area contributed by atoms with Crippen LogP contribution >= 0.6 is 0 Å². The molecule has 0 radical (unpaired) electrons. The van der Waals surface area contributed by atoms with Gasteiger partial charge in [0.05, 0.1) is 6.61 Å². The molecule has 3 heteroatoms. The zero-order valence-electron chi connectivity index (χ0n) is 12.0. The van der Waals surface area contributed by atoms with E-state index in [1.54, 1.807) is 0 Å². The van der Waals surface area contributed by atoms with Crippen molar-refractivity contribution in [3.05, 3.63) is 29.3 Å². The van der Waals surface area contributed by atoms with E-state index in [2.05, 4.69) is 37.4 Å². The highest BCUT2D eigenvalue weighted by Gasteiger charge is 2.15.